The van der Waals surface area contributed by atoms with Crippen LogP contribution in [-0.2, 0) is 5.54 Å². The monoisotopic (exact) mass is 325 g/mol. The molecule has 1 atom stereocenters. The Hall–Kier alpha value is -1.42. The number of nitrogens with one attached hydrogen (secondary N) is 1. The molecule has 3 nitrogen and oxygen atoms in total. The van der Waals surface area contributed by atoms with Gasteiger partial charge in [-0.1, -0.05) is 35.3 Å². The van der Waals surface area contributed by atoms with Gasteiger partial charge in [0.1, 0.15) is 5.75 Å². The van der Waals surface area contributed by atoms with Crippen LogP contribution in [0.1, 0.15) is 12.5 Å². The highest BCUT2D eigenvalue weighted by Gasteiger charge is 2.29. The molecule has 2 aromatic rings. The molecule has 0 aliphatic heterocycles. The molecular weight excluding hydrogens is 309 g/mol. The third kappa shape index (κ3) is 3.43. The van der Waals surface area contributed by atoms with Gasteiger partial charge in [0.15, 0.2) is 0 Å². The van der Waals surface area contributed by atoms with E-state index < -0.39 is 5.54 Å². The highest BCUT2D eigenvalue weighted by Crippen LogP contribution is 2.35. The van der Waals surface area contributed by atoms with Crippen LogP contribution in [-0.4, -0.2) is 18.8 Å². The van der Waals surface area contributed by atoms with Gasteiger partial charge in [-0.15, -0.1) is 0 Å². The zero-order valence-corrected chi connectivity index (χ0v) is 13.4. The summed E-state index contributed by atoms with van der Waals surface area (Å²) in [6.07, 6.45) is 0. The Balaban J connectivity index is 2.44. The summed E-state index contributed by atoms with van der Waals surface area (Å²) in [4.78, 5) is 0. The van der Waals surface area contributed by atoms with Gasteiger partial charge in [0, 0.05) is 10.0 Å². The number of hydrogen-bond acceptors (Lipinski definition) is 3. The Morgan fingerprint density at radius 1 is 1.19 bits per heavy atom. The molecular formula is C16H17Cl2NO2. The molecule has 0 aliphatic carbocycles. The average Bonchev–Trinajstić information content (AvgIpc) is 2.50. The van der Waals surface area contributed by atoms with Gasteiger partial charge < -0.3 is 15.2 Å². The van der Waals surface area contributed by atoms with Crippen LogP contribution in [0.4, 0.5) is 5.69 Å². The Labute approximate surface area is 134 Å². The minimum absolute atomic E-state index is 0.148. The van der Waals surface area contributed by atoms with Gasteiger partial charge in [0.2, 0.25) is 0 Å². The van der Waals surface area contributed by atoms with Crippen molar-refractivity contribution in [3.63, 3.8) is 0 Å². The third-order valence-electron chi connectivity index (χ3n) is 3.36. The van der Waals surface area contributed by atoms with Crippen LogP contribution < -0.4 is 10.1 Å². The fraction of sp³-hybridized carbons (Fsp3) is 0.250. The van der Waals surface area contributed by atoms with E-state index in [1.54, 1.807) is 25.3 Å². The molecule has 21 heavy (non-hydrogen) atoms. The molecule has 2 rings (SSSR count). The number of aliphatic hydroxyl groups excluding tert-OH is 1. The van der Waals surface area contributed by atoms with Gasteiger partial charge in [0.05, 0.1) is 24.9 Å². The first-order valence-electron chi connectivity index (χ1n) is 6.48. The number of ether oxygens (including phenoxy) is 1. The topological polar surface area (TPSA) is 41.5 Å². The number of hydrogen-bond donors (Lipinski definition) is 2. The number of halogens is 2. The molecule has 0 spiro atoms. The Morgan fingerprint density at radius 3 is 2.57 bits per heavy atom. The molecule has 112 valence electrons. The van der Waals surface area contributed by atoms with Crippen molar-refractivity contribution < 1.29 is 9.84 Å². The van der Waals surface area contributed by atoms with Crippen molar-refractivity contribution in [3.05, 3.63) is 58.1 Å². The summed E-state index contributed by atoms with van der Waals surface area (Å²) in [5.41, 5.74) is 0.717. The van der Waals surface area contributed by atoms with Crippen molar-refractivity contribution >= 4 is 28.9 Å². The van der Waals surface area contributed by atoms with Crippen molar-refractivity contribution in [2.75, 3.05) is 19.0 Å². The second-order valence-electron chi connectivity index (χ2n) is 4.94. The van der Waals surface area contributed by atoms with E-state index in [0.717, 1.165) is 11.3 Å². The van der Waals surface area contributed by atoms with Gasteiger partial charge in [-0.25, -0.2) is 0 Å². The lowest BCUT2D eigenvalue weighted by Crippen LogP contribution is -2.36. The highest BCUT2D eigenvalue weighted by molar-refractivity contribution is 6.33. The van der Waals surface area contributed by atoms with Crippen LogP contribution in [0.3, 0.4) is 0 Å². The predicted molar refractivity (Wildman–Crippen MR) is 87.5 cm³/mol. The largest absolute Gasteiger partial charge is 0.495 e. The second kappa shape index (κ2) is 6.56. The summed E-state index contributed by atoms with van der Waals surface area (Å²) >= 11 is 12.3. The summed E-state index contributed by atoms with van der Waals surface area (Å²) in [6.45, 7) is 1.71. The van der Waals surface area contributed by atoms with Crippen LogP contribution in [0, 0.1) is 0 Å². The van der Waals surface area contributed by atoms with Gasteiger partial charge in [-0.05, 0) is 42.8 Å². The van der Waals surface area contributed by atoms with Crippen LogP contribution in [0.5, 0.6) is 5.75 Å². The summed E-state index contributed by atoms with van der Waals surface area (Å²) in [6, 6.07) is 12.7. The van der Waals surface area contributed by atoms with E-state index in [9.17, 15) is 5.11 Å². The summed E-state index contributed by atoms with van der Waals surface area (Å²) < 4.78 is 5.32. The van der Waals surface area contributed by atoms with E-state index in [0.29, 0.717) is 15.8 Å². The molecule has 0 fully saturated rings. The maximum atomic E-state index is 9.87. The third-order valence-corrected chi connectivity index (χ3v) is 3.92. The molecule has 1 unspecified atom stereocenters. The first-order valence-corrected chi connectivity index (χ1v) is 7.23. The molecule has 2 aromatic carbocycles. The van der Waals surface area contributed by atoms with E-state index in [4.69, 9.17) is 27.9 Å². The van der Waals surface area contributed by atoms with Crippen molar-refractivity contribution in [3.8, 4) is 5.75 Å². The summed E-state index contributed by atoms with van der Waals surface area (Å²) in [5.74, 6) is 0.690. The normalized spacial score (nSPS) is 13.6. The molecule has 2 N–H and O–H groups in total. The van der Waals surface area contributed by atoms with E-state index in [1.807, 2.05) is 31.2 Å². The standard InChI is InChI=1S/C16H17Cl2NO2/c1-16(10-20,12-9-11(17)7-8-13(12)18)19-14-5-3-4-6-15(14)21-2/h3-9,19-20H,10H2,1-2H3. The number of para-hydroxylation sites is 2. The fourth-order valence-electron chi connectivity index (χ4n) is 2.16. The molecule has 0 radical (unpaired) electrons. The second-order valence-corrected chi connectivity index (χ2v) is 5.78. The molecule has 0 bridgehead atoms. The van der Waals surface area contributed by atoms with E-state index >= 15 is 0 Å². The molecule has 0 heterocycles. The number of rotatable bonds is 5. The number of aliphatic hydroxyl groups is 1. The van der Waals surface area contributed by atoms with Gasteiger partial charge in [-0.2, -0.15) is 0 Å². The van der Waals surface area contributed by atoms with Crippen LogP contribution in [0.15, 0.2) is 42.5 Å². The smallest absolute Gasteiger partial charge is 0.141 e. The predicted octanol–water partition coefficient (Wildman–Crippen LogP) is 4.32. The Kier molecular flexibility index (Phi) is 4.99. The van der Waals surface area contributed by atoms with E-state index in [2.05, 4.69) is 5.32 Å². The summed E-state index contributed by atoms with van der Waals surface area (Å²) in [7, 11) is 1.60. The molecule has 0 aromatic heterocycles. The van der Waals surface area contributed by atoms with Crippen LogP contribution >= 0.6 is 23.2 Å². The highest BCUT2D eigenvalue weighted by atomic mass is 35.5. The maximum Gasteiger partial charge on any atom is 0.141 e. The minimum Gasteiger partial charge on any atom is -0.495 e. The molecule has 0 amide bonds. The van der Waals surface area contributed by atoms with Crippen LogP contribution in [0.25, 0.3) is 0 Å². The Morgan fingerprint density at radius 2 is 1.90 bits per heavy atom. The number of anilines is 1. The lowest BCUT2D eigenvalue weighted by atomic mass is 9.92. The fourth-order valence-corrected chi connectivity index (χ4v) is 2.66. The summed E-state index contributed by atoms with van der Waals surface area (Å²) in [5, 5.41) is 14.3. The number of methoxy groups -OCH3 is 1. The quantitative estimate of drug-likeness (QED) is 0.860. The molecule has 5 heteroatoms. The van der Waals surface area contributed by atoms with E-state index in [-0.39, 0.29) is 6.61 Å². The number of benzene rings is 2. The molecule has 0 saturated heterocycles. The molecule has 0 saturated carbocycles. The van der Waals surface area contributed by atoms with Gasteiger partial charge in [-0.3, -0.25) is 0 Å². The SMILES string of the molecule is COc1ccccc1NC(C)(CO)c1cc(Cl)ccc1Cl. The minimum atomic E-state index is -0.781. The lowest BCUT2D eigenvalue weighted by Gasteiger charge is -2.32. The first-order chi connectivity index (χ1) is 10.00. The zero-order valence-electron chi connectivity index (χ0n) is 11.9. The van der Waals surface area contributed by atoms with Crippen molar-refractivity contribution in [2.24, 2.45) is 0 Å². The first kappa shape index (κ1) is 16.0. The zero-order chi connectivity index (χ0) is 15.5. The van der Waals surface area contributed by atoms with Crippen molar-refractivity contribution in [2.45, 2.75) is 12.5 Å². The van der Waals surface area contributed by atoms with E-state index in [1.165, 1.54) is 0 Å². The maximum absolute atomic E-state index is 9.87. The van der Waals surface area contributed by atoms with Gasteiger partial charge >= 0.3 is 0 Å². The van der Waals surface area contributed by atoms with Crippen molar-refractivity contribution in [1.82, 2.24) is 0 Å². The molecule has 0 aliphatic rings. The average molecular weight is 326 g/mol. The Bertz CT molecular complexity index is 633. The van der Waals surface area contributed by atoms with Crippen LogP contribution in [0.2, 0.25) is 10.0 Å². The van der Waals surface area contributed by atoms with Crippen molar-refractivity contribution in [1.29, 1.82) is 0 Å². The lowest BCUT2D eigenvalue weighted by molar-refractivity contribution is 0.223. The van der Waals surface area contributed by atoms with Gasteiger partial charge in [0.25, 0.3) is 0 Å².